The van der Waals surface area contributed by atoms with Gasteiger partial charge in [-0.3, -0.25) is 9.69 Å². The van der Waals surface area contributed by atoms with Crippen LogP contribution < -0.4 is 15.5 Å². The summed E-state index contributed by atoms with van der Waals surface area (Å²) in [7, 11) is 0. The van der Waals surface area contributed by atoms with Crippen LogP contribution in [0, 0.1) is 6.92 Å². The van der Waals surface area contributed by atoms with Gasteiger partial charge in [0.2, 0.25) is 0 Å². The monoisotopic (exact) mass is 438 g/mol. The van der Waals surface area contributed by atoms with Crippen molar-refractivity contribution in [1.29, 1.82) is 0 Å². The van der Waals surface area contributed by atoms with Gasteiger partial charge in [0.15, 0.2) is 0 Å². The van der Waals surface area contributed by atoms with Gasteiger partial charge in [-0.25, -0.2) is 9.78 Å². The first-order valence-electron chi connectivity index (χ1n) is 9.35. The molecular formula is C22H19ClN4O2S. The van der Waals surface area contributed by atoms with Gasteiger partial charge in [0.25, 0.3) is 5.91 Å². The maximum Gasteiger partial charge on any atom is 0.326 e. The SMILES string of the molecule is Cc1ccc(Cl)cc1NC(=O)c1ccc(NC(=O)N2CCSc3ncccc32)cc1. The number of nitrogens with one attached hydrogen (secondary N) is 2. The van der Waals surface area contributed by atoms with Crippen LogP contribution in [0.5, 0.6) is 0 Å². The molecular weight excluding hydrogens is 420 g/mol. The lowest BCUT2D eigenvalue weighted by Gasteiger charge is -2.28. The zero-order chi connectivity index (χ0) is 21.1. The Kier molecular flexibility index (Phi) is 5.92. The quantitative estimate of drug-likeness (QED) is 0.571. The van der Waals surface area contributed by atoms with Crippen LogP contribution in [0.15, 0.2) is 65.8 Å². The van der Waals surface area contributed by atoms with E-state index in [1.807, 2.05) is 25.1 Å². The van der Waals surface area contributed by atoms with E-state index in [2.05, 4.69) is 15.6 Å². The second-order valence-corrected chi connectivity index (χ2v) is 8.27. The van der Waals surface area contributed by atoms with Crippen molar-refractivity contribution in [3.05, 3.63) is 76.9 Å². The summed E-state index contributed by atoms with van der Waals surface area (Å²) in [4.78, 5) is 31.3. The van der Waals surface area contributed by atoms with Gasteiger partial charge in [-0.05, 0) is 61.0 Å². The second-order valence-electron chi connectivity index (χ2n) is 6.75. The number of fused-ring (bicyclic) bond motifs is 1. The molecule has 3 aromatic rings. The second kappa shape index (κ2) is 8.77. The molecule has 0 bridgehead atoms. The average molecular weight is 439 g/mol. The Morgan fingerprint density at radius 1 is 1.10 bits per heavy atom. The Morgan fingerprint density at radius 3 is 2.70 bits per heavy atom. The minimum atomic E-state index is -0.244. The first-order chi connectivity index (χ1) is 14.5. The van der Waals surface area contributed by atoms with E-state index in [1.54, 1.807) is 59.3 Å². The van der Waals surface area contributed by atoms with E-state index in [-0.39, 0.29) is 11.9 Å². The Hall–Kier alpha value is -3.03. The van der Waals surface area contributed by atoms with E-state index in [0.717, 1.165) is 22.0 Å². The molecule has 1 aliphatic rings. The summed E-state index contributed by atoms with van der Waals surface area (Å²) in [6.07, 6.45) is 1.72. The molecule has 30 heavy (non-hydrogen) atoms. The Morgan fingerprint density at radius 2 is 1.90 bits per heavy atom. The molecule has 1 aliphatic heterocycles. The molecule has 0 atom stereocenters. The molecule has 8 heteroatoms. The van der Waals surface area contributed by atoms with E-state index in [4.69, 9.17) is 11.6 Å². The van der Waals surface area contributed by atoms with Crippen molar-refractivity contribution >= 4 is 52.4 Å². The molecule has 2 aromatic carbocycles. The largest absolute Gasteiger partial charge is 0.326 e. The molecule has 0 spiro atoms. The van der Waals surface area contributed by atoms with Gasteiger partial charge in [-0.2, -0.15) is 0 Å². The molecule has 3 amide bonds. The van der Waals surface area contributed by atoms with Crippen molar-refractivity contribution in [2.24, 2.45) is 0 Å². The van der Waals surface area contributed by atoms with E-state index in [0.29, 0.717) is 28.5 Å². The molecule has 0 unspecified atom stereocenters. The van der Waals surface area contributed by atoms with Crippen LogP contribution in [-0.4, -0.2) is 29.2 Å². The van der Waals surface area contributed by atoms with Crippen LogP contribution in [0.25, 0.3) is 0 Å². The third-order valence-electron chi connectivity index (χ3n) is 4.69. The zero-order valence-electron chi connectivity index (χ0n) is 16.2. The molecule has 4 rings (SSSR count). The van der Waals surface area contributed by atoms with Crippen LogP contribution in [0.3, 0.4) is 0 Å². The number of carbonyl (C=O) groups is 2. The minimum Gasteiger partial charge on any atom is -0.322 e. The average Bonchev–Trinajstić information content (AvgIpc) is 2.76. The number of hydrogen-bond acceptors (Lipinski definition) is 4. The fraction of sp³-hybridized carbons (Fsp3) is 0.136. The third-order valence-corrected chi connectivity index (χ3v) is 5.90. The zero-order valence-corrected chi connectivity index (χ0v) is 17.8. The number of carbonyl (C=O) groups excluding carboxylic acids is 2. The van der Waals surface area contributed by atoms with Crippen LogP contribution >= 0.6 is 23.4 Å². The number of rotatable bonds is 3. The lowest BCUT2D eigenvalue weighted by molar-refractivity contribution is 0.102. The number of benzene rings is 2. The van der Waals surface area contributed by atoms with Gasteiger partial charge in [0.1, 0.15) is 5.03 Å². The molecule has 0 aliphatic carbocycles. The highest BCUT2D eigenvalue weighted by Gasteiger charge is 2.23. The standard InChI is InChI=1S/C22H19ClN4O2S/c1-14-4-7-16(23)13-18(14)26-20(28)15-5-8-17(9-6-15)25-22(29)27-11-12-30-21-19(27)3-2-10-24-21/h2-10,13H,11-12H2,1H3,(H,25,29)(H,26,28). The number of aryl methyl sites for hydroxylation is 1. The Balaban J connectivity index is 1.43. The van der Waals surface area contributed by atoms with E-state index in [9.17, 15) is 9.59 Å². The number of nitrogens with zero attached hydrogens (tertiary/aromatic N) is 2. The predicted molar refractivity (Wildman–Crippen MR) is 122 cm³/mol. The molecule has 6 nitrogen and oxygen atoms in total. The van der Waals surface area contributed by atoms with Crippen molar-refractivity contribution in [1.82, 2.24) is 4.98 Å². The van der Waals surface area contributed by atoms with Crippen LogP contribution in [0.1, 0.15) is 15.9 Å². The maximum absolute atomic E-state index is 12.7. The van der Waals surface area contributed by atoms with Gasteiger partial charge >= 0.3 is 6.03 Å². The van der Waals surface area contributed by atoms with E-state index < -0.39 is 0 Å². The summed E-state index contributed by atoms with van der Waals surface area (Å²) in [5.74, 6) is 0.547. The van der Waals surface area contributed by atoms with Gasteiger partial charge in [0.05, 0.1) is 5.69 Å². The van der Waals surface area contributed by atoms with E-state index in [1.165, 1.54) is 0 Å². The topological polar surface area (TPSA) is 74.3 Å². The van der Waals surface area contributed by atoms with Crippen molar-refractivity contribution in [3.63, 3.8) is 0 Å². The molecule has 0 radical (unpaired) electrons. The fourth-order valence-electron chi connectivity index (χ4n) is 3.08. The molecule has 0 saturated carbocycles. The van der Waals surface area contributed by atoms with Crippen LogP contribution in [0.4, 0.5) is 21.9 Å². The molecule has 2 N–H and O–H groups in total. The number of thioether (sulfide) groups is 1. The molecule has 152 valence electrons. The molecule has 0 saturated heterocycles. The Labute approximate surface area is 183 Å². The summed E-state index contributed by atoms with van der Waals surface area (Å²) in [6.45, 7) is 2.51. The van der Waals surface area contributed by atoms with Gasteiger partial charge in [-0.15, -0.1) is 11.8 Å². The summed E-state index contributed by atoms with van der Waals surface area (Å²) in [5.41, 5.74) is 3.49. The Bertz CT molecular complexity index is 1100. The predicted octanol–water partition coefficient (Wildman–Crippen LogP) is 5.44. The van der Waals surface area contributed by atoms with Crippen LogP contribution in [-0.2, 0) is 0 Å². The summed E-state index contributed by atoms with van der Waals surface area (Å²) in [5, 5.41) is 7.15. The smallest absolute Gasteiger partial charge is 0.322 e. The summed E-state index contributed by atoms with van der Waals surface area (Å²) >= 11 is 7.65. The fourth-order valence-corrected chi connectivity index (χ4v) is 4.18. The molecule has 2 heterocycles. The number of pyridine rings is 1. The highest BCUT2D eigenvalue weighted by atomic mass is 35.5. The van der Waals surface area contributed by atoms with Crippen molar-refractivity contribution in [2.75, 3.05) is 27.8 Å². The summed E-state index contributed by atoms with van der Waals surface area (Å²) in [6, 6.07) is 15.6. The normalized spacial score (nSPS) is 12.8. The van der Waals surface area contributed by atoms with Gasteiger partial charge in [-0.1, -0.05) is 17.7 Å². The number of hydrogen-bond donors (Lipinski definition) is 2. The third kappa shape index (κ3) is 4.42. The number of urea groups is 1. The lowest BCUT2D eigenvalue weighted by atomic mass is 10.1. The first-order valence-corrected chi connectivity index (χ1v) is 10.7. The summed E-state index contributed by atoms with van der Waals surface area (Å²) < 4.78 is 0. The number of amides is 3. The first kappa shape index (κ1) is 20.3. The van der Waals surface area contributed by atoms with Crippen molar-refractivity contribution in [3.8, 4) is 0 Å². The lowest BCUT2D eigenvalue weighted by Crippen LogP contribution is -2.38. The number of anilines is 3. The minimum absolute atomic E-state index is 0.226. The maximum atomic E-state index is 12.7. The van der Waals surface area contributed by atoms with Gasteiger partial charge in [0, 0.05) is 40.5 Å². The van der Waals surface area contributed by atoms with Crippen molar-refractivity contribution in [2.45, 2.75) is 11.9 Å². The van der Waals surface area contributed by atoms with Crippen LogP contribution in [0.2, 0.25) is 5.02 Å². The highest BCUT2D eigenvalue weighted by Crippen LogP contribution is 2.32. The highest BCUT2D eigenvalue weighted by molar-refractivity contribution is 7.99. The van der Waals surface area contributed by atoms with Gasteiger partial charge < -0.3 is 10.6 Å². The van der Waals surface area contributed by atoms with Crippen molar-refractivity contribution < 1.29 is 9.59 Å². The van der Waals surface area contributed by atoms with E-state index >= 15 is 0 Å². The molecule has 1 aromatic heterocycles. The number of halogens is 1. The number of aromatic nitrogens is 1. The molecule has 0 fully saturated rings.